The van der Waals surface area contributed by atoms with Crippen LogP contribution in [0.4, 0.5) is 11.5 Å². The second-order valence-electron chi connectivity index (χ2n) is 6.03. The van der Waals surface area contributed by atoms with Crippen molar-refractivity contribution >= 4 is 40.6 Å². The molecule has 3 rings (SSSR count). The predicted octanol–water partition coefficient (Wildman–Crippen LogP) is 4.27. The van der Waals surface area contributed by atoms with Gasteiger partial charge >= 0.3 is 0 Å². The molecule has 24 heavy (non-hydrogen) atoms. The standard InChI is InChI=1S/C17H18Cl2N4O/c1-11-3-2-6-23(10-11)16-9-20-15(8-21-16)17(24)22-14-5-4-12(18)7-13(14)19/h4-5,7-9,11H,2-3,6,10H2,1H3,(H,22,24). The first kappa shape index (κ1) is 17.0. The van der Waals surface area contributed by atoms with Crippen LogP contribution in [0.5, 0.6) is 0 Å². The zero-order valence-corrected chi connectivity index (χ0v) is 14.8. The molecule has 1 aromatic heterocycles. The molecule has 0 bridgehead atoms. The molecular weight excluding hydrogens is 347 g/mol. The van der Waals surface area contributed by atoms with Crippen molar-refractivity contribution in [1.29, 1.82) is 0 Å². The van der Waals surface area contributed by atoms with Gasteiger partial charge in [0.05, 0.1) is 23.1 Å². The van der Waals surface area contributed by atoms with Gasteiger partial charge in [0.2, 0.25) is 0 Å². The minimum atomic E-state index is -0.356. The summed E-state index contributed by atoms with van der Waals surface area (Å²) in [5.41, 5.74) is 0.733. The molecule has 1 saturated heterocycles. The third-order valence-corrected chi connectivity index (χ3v) is 4.58. The number of aromatic nitrogens is 2. The van der Waals surface area contributed by atoms with Crippen LogP contribution in [-0.4, -0.2) is 29.0 Å². The Labute approximate surface area is 151 Å². The summed E-state index contributed by atoms with van der Waals surface area (Å²) < 4.78 is 0. The second kappa shape index (κ2) is 7.36. The molecule has 0 saturated carbocycles. The highest BCUT2D eigenvalue weighted by molar-refractivity contribution is 6.36. The molecule has 1 atom stereocenters. The summed E-state index contributed by atoms with van der Waals surface area (Å²) in [5, 5.41) is 3.60. The van der Waals surface area contributed by atoms with Gasteiger partial charge in [0, 0.05) is 18.1 Å². The molecule has 126 valence electrons. The zero-order chi connectivity index (χ0) is 17.1. The number of hydrogen-bond donors (Lipinski definition) is 1. The van der Waals surface area contributed by atoms with E-state index >= 15 is 0 Å². The molecule has 0 spiro atoms. The Morgan fingerprint density at radius 3 is 2.79 bits per heavy atom. The van der Waals surface area contributed by atoms with Crippen LogP contribution in [-0.2, 0) is 0 Å². The predicted molar refractivity (Wildman–Crippen MR) is 97.1 cm³/mol. The summed E-state index contributed by atoms with van der Waals surface area (Å²) in [4.78, 5) is 23.1. The molecule has 1 aliphatic heterocycles. The van der Waals surface area contributed by atoms with E-state index in [1.165, 1.54) is 12.6 Å². The number of carbonyl (C=O) groups is 1. The van der Waals surface area contributed by atoms with Crippen molar-refractivity contribution < 1.29 is 4.79 Å². The maximum absolute atomic E-state index is 12.3. The highest BCUT2D eigenvalue weighted by atomic mass is 35.5. The lowest BCUT2D eigenvalue weighted by Gasteiger charge is -2.31. The van der Waals surface area contributed by atoms with Gasteiger partial charge in [0.1, 0.15) is 11.5 Å². The number of anilines is 2. The number of carbonyl (C=O) groups excluding carboxylic acids is 1. The highest BCUT2D eigenvalue weighted by Crippen LogP contribution is 2.26. The number of hydrogen-bond acceptors (Lipinski definition) is 4. The minimum Gasteiger partial charge on any atom is -0.355 e. The summed E-state index contributed by atoms with van der Waals surface area (Å²) in [6, 6.07) is 4.89. The Bertz CT molecular complexity index is 736. The van der Waals surface area contributed by atoms with Gasteiger partial charge in [-0.2, -0.15) is 0 Å². The fourth-order valence-corrected chi connectivity index (χ4v) is 3.23. The van der Waals surface area contributed by atoms with Crippen molar-refractivity contribution in [1.82, 2.24) is 9.97 Å². The Kier molecular flexibility index (Phi) is 5.21. The molecular formula is C17H18Cl2N4O. The Morgan fingerprint density at radius 1 is 1.29 bits per heavy atom. The Hall–Kier alpha value is -1.85. The van der Waals surface area contributed by atoms with E-state index in [4.69, 9.17) is 23.2 Å². The molecule has 2 aromatic rings. The molecule has 0 radical (unpaired) electrons. The van der Waals surface area contributed by atoms with E-state index in [1.807, 2.05) is 0 Å². The van der Waals surface area contributed by atoms with E-state index < -0.39 is 0 Å². The van der Waals surface area contributed by atoms with Crippen molar-refractivity contribution in [2.45, 2.75) is 19.8 Å². The molecule has 1 aromatic carbocycles. The van der Waals surface area contributed by atoms with Crippen molar-refractivity contribution in [3.05, 3.63) is 46.3 Å². The van der Waals surface area contributed by atoms with Crippen molar-refractivity contribution in [2.75, 3.05) is 23.3 Å². The number of rotatable bonds is 3. The van der Waals surface area contributed by atoms with Gasteiger partial charge in [-0.3, -0.25) is 4.79 Å². The minimum absolute atomic E-state index is 0.245. The van der Waals surface area contributed by atoms with E-state index in [-0.39, 0.29) is 11.6 Å². The Morgan fingerprint density at radius 2 is 2.12 bits per heavy atom. The van der Waals surface area contributed by atoms with Crippen LogP contribution in [0.15, 0.2) is 30.6 Å². The molecule has 1 amide bonds. The summed E-state index contributed by atoms with van der Waals surface area (Å²) in [7, 11) is 0. The van der Waals surface area contributed by atoms with E-state index in [1.54, 1.807) is 24.4 Å². The van der Waals surface area contributed by atoms with Gasteiger partial charge < -0.3 is 10.2 Å². The fraction of sp³-hybridized carbons (Fsp3) is 0.353. The average molecular weight is 365 g/mol. The summed E-state index contributed by atoms with van der Waals surface area (Å²) in [5.74, 6) is 1.10. The highest BCUT2D eigenvalue weighted by Gasteiger charge is 2.18. The van der Waals surface area contributed by atoms with Crippen molar-refractivity contribution in [2.24, 2.45) is 5.92 Å². The second-order valence-corrected chi connectivity index (χ2v) is 6.88. The smallest absolute Gasteiger partial charge is 0.275 e. The SMILES string of the molecule is CC1CCCN(c2cnc(C(=O)Nc3ccc(Cl)cc3Cl)cn2)C1. The number of nitrogens with zero attached hydrogens (tertiary/aromatic N) is 3. The molecule has 5 nitrogen and oxygen atoms in total. The lowest BCUT2D eigenvalue weighted by molar-refractivity contribution is 0.102. The molecule has 0 aliphatic carbocycles. The lowest BCUT2D eigenvalue weighted by atomic mass is 10.0. The first-order chi connectivity index (χ1) is 11.5. The normalized spacial score (nSPS) is 17.6. The van der Waals surface area contributed by atoms with Crippen LogP contribution < -0.4 is 10.2 Å². The molecule has 2 heterocycles. The third-order valence-electron chi connectivity index (χ3n) is 4.03. The van der Waals surface area contributed by atoms with Crippen LogP contribution in [0.25, 0.3) is 0 Å². The quantitative estimate of drug-likeness (QED) is 0.883. The molecule has 1 aliphatic rings. The third kappa shape index (κ3) is 3.97. The lowest BCUT2D eigenvalue weighted by Crippen LogP contribution is -2.35. The summed E-state index contributed by atoms with van der Waals surface area (Å²) >= 11 is 11.9. The van der Waals surface area contributed by atoms with E-state index in [2.05, 4.69) is 27.1 Å². The molecule has 1 N–H and O–H groups in total. The maximum Gasteiger partial charge on any atom is 0.275 e. The number of benzene rings is 1. The van der Waals surface area contributed by atoms with Crippen LogP contribution in [0.2, 0.25) is 10.0 Å². The van der Waals surface area contributed by atoms with Gasteiger partial charge in [0.25, 0.3) is 5.91 Å². The van der Waals surface area contributed by atoms with Crippen LogP contribution in [0.1, 0.15) is 30.3 Å². The van der Waals surface area contributed by atoms with E-state index in [0.717, 1.165) is 25.3 Å². The number of amides is 1. The van der Waals surface area contributed by atoms with Crippen LogP contribution in [0, 0.1) is 5.92 Å². The van der Waals surface area contributed by atoms with E-state index in [9.17, 15) is 4.79 Å². The summed E-state index contributed by atoms with van der Waals surface area (Å²) in [6.45, 7) is 4.18. The van der Waals surface area contributed by atoms with Gasteiger partial charge in [-0.25, -0.2) is 9.97 Å². The zero-order valence-electron chi connectivity index (χ0n) is 13.3. The van der Waals surface area contributed by atoms with Gasteiger partial charge in [-0.15, -0.1) is 0 Å². The Balaban J connectivity index is 1.69. The number of nitrogens with one attached hydrogen (secondary N) is 1. The molecule has 1 unspecified atom stereocenters. The first-order valence-electron chi connectivity index (χ1n) is 7.86. The first-order valence-corrected chi connectivity index (χ1v) is 8.62. The largest absolute Gasteiger partial charge is 0.355 e. The number of piperidine rings is 1. The monoisotopic (exact) mass is 364 g/mol. The van der Waals surface area contributed by atoms with Crippen LogP contribution in [0.3, 0.4) is 0 Å². The van der Waals surface area contributed by atoms with E-state index in [0.29, 0.717) is 21.7 Å². The van der Waals surface area contributed by atoms with Crippen LogP contribution >= 0.6 is 23.2 Å². The molecule has 1 fully saturated rings. The maximum atomic E-state index is 12.3. The topological polar surface area (TPSA) is 58.1 Å². The average Bonchev–Trinajstić information content (AvgIpc) is 2.57. The van der Waals surface area contributed by atoms with Gasteiger partial charge in [-0.05, 0) is 37.0 Å². The van der Waals surface area contributed by atoms with Crippen molar-refractivity contribution in [3.8, 4) is 0 Å². The van der Waals surface area contributed by atoms with Crippen molar-refractivity contribution in [3.63, 3.8) is 0 Å². The van der Waals surface area contributed by atoms with Gasteiger partial charge in [0.15, 0.2) is 0 Å². The number of halogens is 2. The summed E-state index contributed by atoms with van der Waals surface area (Å²) in [6.07, 6.45) is 5.54. The fourth-order valence-electron chi connectivity index (χ4n) is 2.78. The molecule has 7 heteroatoms. The van der Waals surface area contributed by atoms with Gasteiger partial charge in [-0.1, -0.05) is 30.1 Å².